The van der Waals surface area contributed by atoms with Crippen molar-refractivity contribution in [1.82, 2.24) is 4.90 Å². The number of carbonyl (C=O) groups is 3. The Labute approximate surface area is 155 Å². The van der Waals surface area contributed by atoms with Crippen LogP contribution in [0.25, 0.3) is 11.1 Å². The van der Waals surface area contributed by atoms with E-state index < -0.39 is 5.97 Å². The highest BCUT2D eigenvalue weighted by molar-refractivity contribution is 6.21. The van der Waals surface area contributed by atoms with E-state index in [9.17, 15) is 14.4 Å². The van der Waals surface area contributed by atoms with Gasteiger partial charge in [0.15, 0.2) is 0 Å². The third-order valence-electron chi connectivity index (χ3n) is 4.62. The van der Waals surface area contributed by atoms with Gasteiger partial charge in [-0.1, -0.05) is 48.5 Å². The van der Waals surface area contributed by atoms with Crippen LogP contribution in [0, 0.1) is 0 Å². The Morgan fingerprint density at radius 1 is 0.778 bits per heavy atom. The van der Waals surface area contributed by atoms with Gasteiger partial charge >= 0.3 is 5.97 Å². The summed E-state index contributed by atoms with van der Waals surface area (Å²) in [6, 6.07) is 20.9. The van der Waals surface area contributed by atoms with E-state index in [0.29, 0.717) is 11.1 Å². The van der Waals surface area contributed by atoms with Crippen molar-refractivity contribution in [2.45, 2.75) is 6.54 Å². The summed E-state index contributed by atoms with van der Waals surface area (Å²) in [5, 5.41) is 9.11. The van der Waals surface area contributed by atoms with E-state index in [1.54, 1.807) is 42.5 Å². The van der Waals surface area contributed by atoms with Crippen LogP contribution in [0.1, 0.15) is 36.6 Å². The summed E-state index contributed by atoms with van der Waals surface area (Å²) in [7, 11) is 0. The summed E-state index contributed by atoms with van der Waals surface area (Å²) < 4.78 is 0. The third-order valence-corrected chi connectivity index (χ3v) is 4.62. The summed E-state index contributed by atoms with van der Waals surface area (Å²) >= 11 is 0. The first-order chi connectivity index (χ1) is 13.0. The number of amides is 2. The lowest BCUT2D eigenvalue weighted by atomic mass is 10.0. The number of hydrogen-bond donors (Lipinski definition) is 1. The Balaban J connectivity index is 1.56. The molecule has 0 atom stereocenters. The molecule has 0 aliphatic carbocycles. The second kappa shape index (κ2) is 6.53. The second-order valence-electron chi connectivity index (χ2n) is 6.32. The molecule has 0 unspecified atom stereocenters. The minimum Gasteiger partial charge on any atom is -0.478 e. The smallest absolute Gasteiger partial charge is 0.335 e. The van der Waals surface area contributed by atoms with Crippen LogP contribution in [0.15, 0.2) is 72.8 Å². The van der Waals surface area contributed by atoms with Gasteiger partial charge < -0.3 is 5.11 Å². The molecule has 5 heteroatoms. The van der Waals surface area contributed by atoms with Gasteiger partial charge in [0.25, 0.3) is 11.8 Å². The molecule has 1 aliphatic rings. The zero-order valence-electron chi connectivity index (χ0n) is 14.3. The zero-order valence-corrected chi connectivity index (χ0v) is 14.3. The largest absolute Gasteiger partial charge is 0.478 e. The first-order valence-corrected chi connectivity index (χ1v) is 8.42. The van der Waals surface area contributed by atoms with E-state index in [1.807, 2.05) is 30.3 Å². The summed E-state index contributed by atoms with van der Waals surface area (Å²) in [6.07, 6.45) is 0. The van der Waals surface area contributed by atoms with E-state index in [1.165, 1.54) is 4.90 Å². The molecule has 0 aromatic heterocycles. The number of rotatable bonds is 4. The van der Waals surface area contributed by atoms with Crippen molar-refractivity contribution in [3.8, 4) is 11.1 Å². The number of imide groups is 1. The van der Waals surface area contributed by atoms with Crippen LogP contribution in [0.3, 0.4) is 0 Å². The Morgan fingerprint density at radius 2 is 1.41 bits per heavy atom. The highest BCUT2D eigenvalue weighted by Crippen LogP contribution is 2.26. The predicted octanol–water partition coefficient (Wildman–Crippen LogP) is 3.85. The average molecular weight is 357 g/mol. The maximum Gasteiger partial charge on any atom is 0.335 e. The minimum absolute atomic E-state index is 0.196. The van der Waals surface area contributed by atoms with E-state index in [2.05, 4.69) is 0 Å². The Hall–Kier alpha value is -3.73. The van der Waals surface area contributed by atoms with Crippen LogP contribution >= 0.6 is 0 Å². The highest BCUT2D eigenvalue weighted by Gasteiger charge is 2.34. The van der Waals surface area contributed by atoms with Crippen LogP contribution in [0.5, 0.6) is 0 Å². The van der Waals surface area contributed by atoms with Gasteiger partial charge in [-0.2, -0.15) is 0 Å². The Morgan fingerprint density at radius 3 is 2.00 bits per heavy atom. The number of carbonyl (C=O) groups excluding carboxylic acids is 2. The molecule has 27 heavy (non-hydrogen) atoms. The molecule has 0 fully saturated rings. The summed E-state index contributed by atoms with van der Waals surface area (Å²) in [4.78, 5) is 37.3. The molecule has 1 heterocycles. The first kappa shape index (κ1) is 16.7. The van der Waals surface area contributed by atoms with Gasteiger partial charge in [0.2, 0.25) is 0 Å². The average Bonchev–Trinajstić information content (AvgIpc) is 2.94. The third kappa shape index (κ3) is 3.00. The molecule has 0 radical (unpaired) electrons. The first-order valence-electron chi connectivity index (χ1n) is 8.42. The monoisotopic (exact) mass is 357 g/mol. The molecule has 2 amide bonds. The maximum absolute atomic E-state index is 12.5. The van der Waals surface area contributed by atoms with Gasteiger partial charge in [-0.15, -0.1) is 0 Å². The minimum atomic E-state index is -0.973. The lowest BCUT2D eigenvalue weighted by Gasteiger charge is -2.14. The van der Waals surface area contributed by atoms with E-state index in [-0.39, 0.29) is 23.9 Å². The van der Waals surface area contributed by atoms with Gasteiger partial charge in [-0.3, -0.25) is 14.5 Å². The number of nitrogens with zero attached hydrogens (tertiary/aromatic N) is 1. The van der Waals surface area contributed by atoms with Crippen molar-refractivity contribution < 1.29 is 19.5 Å². The molecule has 0 bridgehead atoms. The normalized spacial score (nSPS) is 13.0. The molecule has 0 saturated carbocycles. The zero-order chi connectivity index (χ0) is 19.0. The molecule has 1 N–H and O–H groups in total. The number of carboxylic acids is 1. The summed E-state index contributed by atoms with van der Waals surface area (Å²) in [5.41, 5.74) is 3.57. The number of fused-ring (bicyclic) bond motifs is 1. The predicted molar refractivity (Wildman–Crippen MR) is 99.5 cm³/mol. The van der Waals surface area contributed by atoms with Gasteiger partial charge in [-0.25, -0.2) is 4.79 Å². The SMILES string of the molecule is O=C(O)c1cccc(-c2ccc(CN3C(=O)c4ccccc4C3=O)cc2)c1. The molecule has 0 saturated heterocycles. The molecule has 4 rings (SSSR count). The molecule has 5 nitrogen and oxygen atoms in total. The second-order valence-corrected chi connectivity index (χ2v) is 6.32. The molecule has 1 aliphatic heterocycles. The standard InChI is InChI=1S/C22H15NO4/c24-20-18-6-1-2-7-19(18)21(25)23(20)13-14-8-10-15(11-9-14)16-4-3-5-17(12-16)22(26)27/h1-12H,13H2,(H,26,27). The van der Waals surface area contributed by atoms with Crippen LogP contribution < -0.4 is 0 Å². The van der Waals surface area contributed by atoms with Crippen molar-refractivity contribution in [2.75, 3.05) is 0 Å². The quantitative estimate of drug-likeness (QED) is 0.720. The lowest BCUT2D eigenvalue weighted by Crippen LogP contribution is -2.29. The fourth-order valence-corrected chi connectivity index (χ4v) is 3.20. The molecule has 132 valence electrons. The fraction of sp³-hybridized carbons (Fsp3) is 0.0455. The van der Waals surface area contributed by atoms with Crippen molar-refractivity contribution >= 4 is 17.8 Å². The van der Waals surface area contributed by atoms with Crippen LogP contribution in [0.2, 0.25) is 0 Å². The van der Waals surface area contributed by atoms with Gasteiger partial charge in [-0.05, 0) is 41.0 Å². The topological polar surface area (TPSA) is 74.7 Å². The summed E-state index contributed by atoms with van der Waals surface area (Å²) in [5.74, 6) is -1.54. The van der Waals surface area contributed by atoms with Crippen LogP contribution in [-0.4, -0.2) is 27.8 Å². The van der Waals surface area contributed by atoms with E-state index in [0.717, 1.165) is 16.7 Å². The fourth-order valence-electron chi connectivity index (χ4n) is 3.20. The summed E-state index contributed by atoms with van der Waals surface area (Å²) in [6.45, 7) is 0.196. The molecule has 3 aromatic carbocycles. The lowest BCUT2D eigenvalue weighted by molar-refractivity contribution is 0.0639. The molecular formula is C22H15NO4. The Kier molecular flexibility index (Phi) is 4.05. The van der Waals surface area contributed by atoms with Gasteiger partial charge in [0, 0.05) is 0 Å². The van der Waals surface area contributed by atoms with Gasteiger partial charge in [0.1, 0.15) is 0 Å². The van der Waals surface area contributed by atoms with Gasteiger partial charge in [0.05, 0.1) is 23.2 Å². The van der Waals surface area contributed by atoms with Crippen molar-refractivity contribution in [3.05, 3.63) is 95.1 Å². The molecular weight excluding hydrogens is 342 g/mol. The van der Waals surface area contributed by atoms with Crippen molar-refractivity contribution in [1.29, 1.82) is 0 Å². The molecule has 0 spiro atoms. The van der Waals surface area contributed by atoms with E-state index in [4.69, 9.17) is 5.11 Å². The highest BCUT2D eigenvalue weighted by atomic mass is 16.4. The number of carboxylic acid groups (broad SMARTS) is 1. The number of hydrogen-bond acceptors (Lipinski definition) is 3. The van der Waals surface area contributed by atoms with Crippen LogP contribution in [-0.2, 0) is 6.54 Å². The van der Waals surface area contributed by atoms with Crippen molar-refractivity contribution in [3.63, 3.8) is 0 Å². The van der Waals surface area contributed by atoms with Crippen LogP contribution in [0.4, 0.5) is 0 Å². The molecule has 3 aromatic rings. The maximum atomic E-state index is 12.5. The van der Waals surface area contributed by atoms with Crippen molar-refractivity contribution in [2.24, 2.45) is 0 Å². The number of aromatic carboxylic acids is 1. The van der Waals surface area contributed by atoms with E-state index >= 15 is 0 Å². The number of benzene rings is 3. The Bertz CT molecular complexity index is 1030.